The minimum absolute atomic E-state index is 0.103. The van der Waals surface area contributed by atoms with Crippen LogP contribution in [0.25, 0.3) is 0 Å². The molecular weight excluding hydrogens is 901 g/mol. The number of esters is 3. The lowest BCUT2D eigenvalue weighted by Gasteiger charge is -2.60. The highest BCUT2D eigenvalue weighted by Crippen LogP contribution is 2.64. The van der Waals surface area contributed by atoms with Gasteiger partial charge in [-0.3, -0.25) is 14.4 Å². The van der Waals surface area contributed by atoms with Gasteiger partial charge in [0.15, 0.2) is 35.7 Å². The Kier molecular flexibility index (Phi) is 11.6. The average Bonchev–Trinajstić information content (AvgIpc) is 3.79. The molecule has 69 heavy (non-hydrogen) atoms. The molecule has 386 valence electrons. The first-order chi connectivity index (χ1) is 32.8. The molecule has 3 spiro atoms. The van der Waals surface area contributed by atoms with E-state index in [4.69, 9.17) is 72.0 Å². The van der Waals surface area contributed by atoms with E-state index in [9.17, 15) is 14.4 Å². The lowest BCUT2D eigenvalue weighted by Crippen LogP contribution is -2.70. The molecule has 15 rings (SSSR count). The Morgan fingerprint density at radius 2 is 0.754 bits per heavy atom. The van der Waals surface area contributed by atoms with Gasteiger partial charge in [0.05, 0.1) is 18.8 Å². The average molecular weight is 975 g/mol. The van der Waals surface area contributed by atoms with Gasteiger partial charge in [0.2, 0.25) is 36.2 Å². The molecule has 0 aromatic carbocycles. The lowest BCUT2D eigenvalue weighted by molar-refractivity contribution is -0.576. The quantitative estimate of drug-likeness (QED) is 0.131. The van der Waals surface area contributed by atoms with Crippen LogP contribution in [0.3, 0.4) is 0 Å². The first-order valence-electron chi connectivity index (χ1n) is 26.5. The van der Waals surface area contributed by atoms with Crippen molar-refractivity contribution < 1.29 is 86.3 Å². The van der Waals surface area contributed by atoms with Crippen molar-refractivity contribution in [3.63, 3.8) is 0 Å². The predicted octanol–water partition coefficient (Wildman–Crippen LogP) is 7.64. The third kappa shape index (κ3) is 7.24. The van der Waals surface area contributed by atoms with Gasteiger partial charge in [-0.25, -0.2) is 29.3 Å². The summed E-state index contributed by atoms with van der Waals surface area (Å²) in [5.41, 5.74) is -2.61. The molecule has 0 N–H and O–H groups in total. The molecule has 0 amide bonds. The van der Waals surface area contributed by atoms with Crippen LogP contribution in [0.4, 0.5) is 0 Å². The van der Waals surface area contributed by atoms with Gasteiger partial charge in [-0.2, -0.15) is 0 Å². The van der Waals surface area contributed by atoms with Crippen LogP contribution >= 0.6 is 0 Å². The van der Waals surface area contributed by atoms with E-state index in [-0.39, 0.29) is 53.3 Å². The third-order valence-electron chi connectivity index (χ3n) is 20.2. The Balaban J connectivity index is 0.792. The van der Waals surface area contributed by atoms with Crippen LogP contribution in [0.5, 0.6) is 0 Å². The van der Waals surface area contributed by atoms with Gasteiger partial charge >= 0.3 is 17.9 Å². The van der Waals surface area contributed by atoms with Crippen molar-refractivity contribution in [2.24, 2.45) is 76.9 Å². The number of fused-ring (bicyclic) bond motifs is 6. The minimum Gasteiger partial charge on any atom is -0.435 e. The normalized spacial score (nSPS) is 56.0. The van der Waals surface area contributed by atoms with Gasteiger partial charge in [0.25, 0.3) is 0 Å². The highest BCUT2D eigenvalue weighted by Gasteiger charge is 2.73. The molecule has 12 aliphatic heterocycles. The molecule has 12 heterocycles. The van der Waals surface area contributed by atoms with E-state index in [1.165, 1.54) is 0 Å². The minimum atomic E-state index is -1.34. The van der Waals surface area contributed by atoms with Crippen molar-refractivity contribution in [2.45, 2.75) is 224 Å². The zero-order valence-corrected chi connectivity index (χ0v) is 41.7. The summed E-state index contributed by atoms with van der Waals surface area (Å²) in [7, 11) is 0. The second kappa shape index (κ2) is 16.7. The maximum atomic E-state index is 14.8. The third-order valence-corrected chi connectivity index (χ3v) is 20.2. The van der Waals surface area contributed by atoms with Crippen LogP contribution in [-0.2, 0) is 86.3 Å². The lowest BCUT2D eigenvalue weighted by atomic mass is 9.58. The van der Waals surface area contributed by atoms with Crippen molar-refractivity contribution >= 4 is 17.9 Å². The van der Waals surface area contributed by atoms with E-state index in [0.29, 0.717) is 37.0 Å². The fraction of sp³-hybridized carbons (Fsp3) is 0.941. The van der Waals surface area contributed by atoms with Crippen molar-refractivity contribution in [3.8, 4) is 0 Å². The summed E-state index contributed by atoms with van der Waals surface area (Å²) in [5, 5.41) is 0. The molecule has 15 aliphatic rings. The van der Waals surface area contributed by atoms with Crippen molar-refractivity contribution in [1.29, 1.82) is 0 Å². The van der Waals surface area contributed by atoms with Crippen molar-refractivity contribution in [2.75, 3.05) is 0 Å². The number of ether oxygens (including phenoxy) is 9. The summed E-state index contributed by atoms with van der Waals surface area (Å²) in [6.45, 7) is 18.2. The summed E-state index contributed by atoms with van der Waals surface area (Å²) < 4.78 is 58.0. The Labute approximate surface area is 404 Å². The zero-order chi connectivity index (χ0) is 48.2. The first-order valence-corrected chi connectivity index (χ1v) is 26.5. The molecule has 15 fully saturated rings. The molecule has 18 nitrogen and oxygen atoms in total. The maximum Gasteiger partial charge on any atom is 0.312 e. The number of carbonyl (C=O) groups is 3. The smallest absolute Gasteiger partial charge is 0.312 e. The van der Waals surface area contributed by atoms with E-state index < -0.39 is 109 Å². The Morgan fingerprint density at radius 3 is 1.09 bits per heavy atom. The molecule has 3 aliphatic carbocycles. The Morgan fingerprint density at radius 1 is 0.435 bits per heavy atom. The number of rotatable bonds is 8. The molecule has 3 saturated carbocycles. The van der Waals surface area contributed by atoms with Gasteiger partial charge in [-0.15, -0.1) is 0 Å². The molecule has 12 saturated heterocycles. The van der Waals surface area contributed by atoms with E-state index in [2.05, 4.69) is 20.8 Å². The summed E-state index contributed by atoms with van der Waals surface area (Å²) in [5.74, 6) is -6.65. The van der Waals surface area contributed by atoms with Gasteiger partial charge in [-0.05, 0) is 114 Å². The monoisotopic (exact) mass is 974 g/mol. The summed E-state index contributed by atoms with van der Waals surface area (Å²) in [6, 6.07) is 0. The highest BCUT2D eigenvalue weighted by atomic mass is 17.3. The predicted molar refractivity (Wildman–Crippen MR) is 231 cm³/mol. The summed E-state index contributed by atoms with van der Waals surface area (Å²) in [6.07, 6.45) is 2.98. The molecule has 6 bridgehead atoms. The molecule has 24 atom stereocenters. The second-order valence-electron chi connectivity index (χ2n) is 24.3. The Bertz CT molecular complexity index is 1950. The molecular formula is C51H74O18. The number of carbonyl (C=O) groups excluding carboxylic acids is 3. The van der Waals surface area contributed by atoms with Crippen LogP contribution in [0.15, 0.2) is 0 Å². The largest absolute Gasteiger partial charge is 0.435 e. The highest BCUT2D eigenvalue weighted by molar-refractivity contribution is 5.84. The molecule has 18 heteroatoms. The van der Waals surface area contributed by atoms with E-state index in [0.717, 1.165) is 57.8 Å². The topological polar surface area (TPSA) is 190 Å². The fourth-order valence-corrected chi connectivity index (χ4v) is 16.2. The Hall–Kier alpha value is -2.07. The fourth-order valence-electron chi connectivity index (χ4n) is 16.2. The first kappa shape index (κ1) is 47.9. The van der Waals surface area contributed by atoms with Crippen molar-refractivity contribution in [1.82, 2.24) is 0 Å². The number of hydrogen-bond acceptors (Lipinski definition) is 18. The van der Waals surface area contributed by atoms with E-state index >= 15 is 0 Å². The van der Waals surface area contributed by atoms with Crippen molar-refractivity contribution in [3.05, 3.63) is 0 Å². The van der Waals surface area contributed by atoms with Crippen LogP contribution < -0.4 is 0 Å². The molecule has 0 aromatic heterocycles. The van der Waals surface area contributed by atoms with Crippen LogP contribution in [-0.4, -0.2) is 89.8 Å². The van der Waals surface area contributed by atoms with Crippen LogP contribution in [0.2, 0.25) is 0 Å². The van der Waals surface area contributed by atoms with Crippen LogP contribution in [0.1, 0.15) is 152 Å². The summed E-state index contributed by atoms with van der Waals surface area (Å²) in [4.78, 5) is 80.4. The second-order valence-corrected chi connectivity index (χ2v) is 24.3. The van der Waals surface area contributed by atoms with Gasteiger partial charge < -0.3 is 42.6 Å². The standard InChI is InChI=1S/C51H74O18/c1-24-10-13-34-27(4)40(58-43-49(34)31(24)16-19-46(7,61-43)64-67-49)55-37(52)22-30(39(54)57-42-29(6)36-15-12-26(3)33-18-21-48(9)63-45(60-42)51(33,36)69-66-48)23-38(53)56-41-28(5)35-14-11-25(2)32-17-20-47(8)62-44(59-41)50(32,35)68-65-47/h24-36,40-45H,10-23H2,1-9H3/t24-,25-,26-,27-,28-,29-,30?,31+,32+,33+,34+,35+,36+,40-,41-,42-,43-,44-,45-,46?,47?,48?,49-,50-,51-/m1/s1. The molecule has 0 radical (unpaired) electrons. The van der Waals surface area contributed by atoms with Gasteiger partial charge in [0, 0.05) is 54.8 Å². The zero-order valence-electron chi connectivity index (χ0n) is 41.7. The van der Waals surface area contributed by atoms with Gasteiger partial charge in [-0.1, -0.05) is 41.5 Å². The maximum absolute atomic E-state index is 14.8. The SMILES string of the molecule is C[C@H]1[C@H](OC(=O)CC(CC(=O)O[C@@H]2O[C@@H]3OC4(C)CC[C@H]5[C@H](C)CC[C@@H]([C@H]2C)[C@@]35OO4)C(=O)O[C@@H]2O[C@@H]3OC4(C)CC[C@H]5[C@H](C)CC[C@@H]([C@H]2C)[C@@]35OO4)O[C@@H]2OC3(C)CC[C@H]4[C@H](C)CC[C@@H]1[C@@]24OO3. The van der Waals surface area contributed by atoms with E-state index in [1.54, 1.807) is 0 Å². The molecule has 0 aromatic rings. The van der Waals surface area contributed by atoms with Crippen LogP contribution in [0, 0.1) is 76.9 Å². The summed E-state index contributed by atoms with van der Waals surface area (Å²) >= 11 is 0. The van der Waals surface area contributed by atoms with E-state index in [1.807, 2.05) is 41.5 Å². The number of hydrogen-bond donors (Lipinski definition) is 0. The molecule has 3 unspecified atom stereocenters. The van der Waals surface area contributed by atoms with Gasteiger partial charge in [0.1, 0.15) is 0 Å².